The first-order valence-electron chi connectivity index (χ1n) is 6.32. The number of rotatable bonds is 6. The molecule has 0 saturated carbocycles. The van der Waals surface area contributed by atoms with Gasteiger partial charge in [-0.1, -0.05) is 29.3 Å². The molecule has 0 bridgehead atoms. The monoisotopic (exact) mass is 326 g/mol. The highest BCUT2D eigenvalue weighted by Crippen LogP contribution is 2.16. The summed E-state index contributed by atoms with van der Waals surface area (Å²) < 4.78 is 34.1. The van der Waals surface area contributed by atoms with E-state index in [1.165, 1.54) is 12.1 Å². The van der Waals surface area contributed by atoms with Gasteiger partial charge >= 0.3 is 0 Å². The number of ether oxygens (including phenoxy) is 1. The summed E-state index contributed by atoms with van der Waals surface area (Å²) >= 11 is 5.75. The smallest absolute Gasteiger partial charge is 0.297 e. The van der Waals surface area contributed by atoms with Crippen LogP contribution in [0.2, 0.25) is 5.02 Å². The molecule has 0 atom stereocenters. The fourth-order valence-corrected chi connectivity index (χ4v) is 2.63. The van der Waals surface area contributed by atoms with Gasteiger partial charge in [-0.3, -0.25) is 4.18 Å². The van der Waals surface area contributed by atoms with Crippen LogP contribution in [0.3, 0.4) is 0 Å². The van der Waals surface area contributed by atoms with Crippen molar-refractivity contribution >= 4 is 21.7 Å². The van der Waals surface area contributed by atoms with Crippen molar-refractivity contribution in [2.75, 3.05) is 13.2 Å². The first-order chi connectivity index (χ1) is 9.97. The van der Waals surface area contributed by atoms with Gasteiger partial charge < -0.3 is 4.74 Å². The molecule has 0 amide bonds. The third-order valence-electron chi connectivity index (χ3n) is 2.71. The molecule has 21 heavy (non-hydrogen) atoms. The lowest BCUT2D eigenvalue weighted by atomic mass is 10.2. The van der Waals surface area contributed by atoms with Crippen molar-refractivity contribution in [2.24, 2.45) is 0 Å². The summed E-state index contributed by atoms with van der Waals surface area (Å²) in [6.07, 6.45) is 0. The maximum absolute atomic E-state index is 11.9. The first kappa shape index (κ1) is 15.8. The van der Waals surface area contributed by atoms with Crippen LogP contribution >= 0.6 is 11.6 Å². The zero-order valence-electron chi connectivity index (χ0n) is 11.5. The van der Waals surface area contributed by atoms with Gasteiger partial charge in [-0.05, 0) is 43.3 Å². The van der Waals surface area contributed by atoms with Gasteiger partial charge in [0.15, 0.2) is 0 Å². The average Bonchev–Trinajstić information content (AvgIpc) is 2.46. The summed E-state index contributed by atoms with van der Waals surface area (Å²) in [6.45, 7) is 1.96. The molecule has 0 radical (unpaired) electrons. The van der Waals surface area contributed by atoms with E-state index in [2.05, 4.69) is 0 Å². The van der Waals surface area contributed by atoms with E-state index < -0.39 is 10.1 Å². The largest absolute Gasteiger partial charge is 0.491 e. The Labute approximate surface area is 129 Å². The second-order valence-corrected chi connectivity index (χ2v) is 6.44. The van der Waals surface area contributed by atoms with Crippen LogP contribution in [0.15, 0.2) is 53.4 Å². The second-order valence-electron chi connectivity index (χ2n) is 4.39. The summed E-state index contributed by atoms with van der Waals surface area (Å²) in [5.74, 6) is 0.607. The Morgan fingerprint density at radius 2 is 1.57 bits per heavy atom. The van der Waals surface area contributed by atoms with Gasteiger partial charge in [0.2, 0.25) is 0 Å². The minimum atomic E-state index is -3.74. The second kappa shape index (κ2) is 6.93. The molecule has 0 fully saturated rings. The predicted octanol–water partition coefficient (Wildman–Crippen LogP) is 3.43. The third-order valence-corrected chi connectivity index (χ3v) is 4.29. The lowest BCUT2D eigenvalue weighted by molar-refractivity contribution is 0.221. The van der Waals surface area contributed by atoms with Crippen LogP contribution in [0, 0.1) is 6.92 Å². The van der Waals surface area contributed by atoms with Crippen molar-refractivity contribution in [3.05, 3.63) is 59.1 Å². The molecule has 4 nitrogen and oxygen atoms in total. The van der Waals surface area contributed by atoms with E-state index in [1.807, 2.05) is 6.92 Å². The van der Waals surface area contributed by atoms with Gasteiger partial charge in [-0.25, -0.2) is 0 Å². The molecule has 0 heterocycles. The van der Waals surface area contributed by atoms with E-state index in [-0.39, 0.29) is 18.1 Å². The Balaban J connectivity index is 1.85. The topological polar surface area (TPSA) is 52.6 Å². The Bertz CT molecular complexity index is 679. The third kappa shape index (κ3) is 4.74. The van der Waals surface area contributed by atoms with Crippen molar-refractivity contribution in [1.82, 2.24) is 0 Å². The van der Waals surface area contributed by atoms with Crippen LogP contribution in [0.5, 0.6) is 5.75 Å². The Morgan fingerprint density at radius 1 is 0.952 bits per heavy atom. The van der Waals surface area contributed by atoms with Crippen LogP contribution in [0.1, 0.15) is 5.56 Å². The van der Waals surface area contributed by atoms with Crippen LogP contribution in [-0.4, -0.2) is 21.6 Å². The van der Waals surface area contributed by atoms with Crippen molar-refractivity contribution in [2.45, 2.75) is 11.8 Å². The zero-order valence-corrected chi connectivity index (χ0v) is 13.0. The van der Waals surface area contributed by atoms with Crippen molar-refractivity contribution in [3.63, 3.8) is 0 Å². The van der Waals surface area contributed by atoms with Crippen molar-refractivity contribution in [1.29, 1.82) is 0 Å². The molecule has 0 aliphatic rings. The summed E-state index contributed by atoms with van der Waals surface area (Å²) in [5, 5.41) is 0.612. The van der Waals surface area contributed by atoms with E-state index in [1.54, 1.807) is 36.4 Å². The molecule has 0 aromatic heterocycles. The number of aryl methyl sites for hydroxylation is 1. The molecule has 112 valence electrons. The van der Waals surface area contributed by atoms with Crippen LogP contribution < -0.4 is 4.74 Å². The van der Waals surface area contributed by atoms with Crippen molar-refractivity contribution in [3.8, 4) is 5.75 Å². The summed E-state index contributed by atoms with van der Waals surface area (Å²) in [6, 6.07) is 13.3. The highest BCUT2D eigenvalue weighted by molar-refractivity contribution is 7.86. The molecular formula is C15H15ClO4S. The number of halogens is 1. The minimum absolute atomic E-state index is 0.0567. The van der Waals surface area contributed by atoms with Gasteiger partial charge in [-0.2, -0.15) is 8.42 Å². The van der Waals surface area contributed by atoms with Gasteiger partial charge in [0.05, 0.1) is 4.90 Å². The van der Waals surface area contributed by atoms with Gasteiger partial charge in [0.25, 0.3) is 10.1 Å². The summed E-state index contributed by atoms with van der Waals surface area (Å²) in [7, 11) is -3.74. The average molecular weight is 327 g/mol. The molecule has 2 rings (SSSR count). The zero-order chi connectivity index (χ0) is 15.3. The highest BCUT2D eigenvalue weighted by Gasteiger charge is 2.14. The fraction of sp³-hybridized carbons (Fsp3) is 0.200. The van der Waals surface area contributed by atoms with E-state index >= 15 is 0 Å². The van der Waals surface area contributed by atoms with Crippen LogP contribution in [-0.2, 0) is 14.3 Å². The Kier molecular flexibility index (Phi) is 5.22. The standard InChI is InChI=1S/C15H15ClO4S/c1-12-2-8-15(9-3-12)21(17,18)20-11-10-19-14-6-4-13(16)5-7-14/h2-9H,10-11H2,1H3. The maximum Gasteiger partial charge on any atom is 0.297 e. The van der Waals surface area contributed by atoms with E-state index in [9.17, 15) is 8.42 Å². The molecule has 0 aliphatic heterocycles. The van der Waals surface area contributed by atoms with Gasteiger partial charge in [0.1, 0.15) is 19.0 Å². The lowest BCUT2D eigenvalue weighted by Crippen LogP contribution is -2.13. The fourth-order valence-electron chi connectivity index (χ4n) is 1.61. The Morgan fingerprint density at radius 3 is 2.19 bits per heavy atom. The number of hydrogen-bond acceptors (Lipinski definition) is 4. The quantitative estimate of drug-likeness (QED) is 0.603. The van der Waals surface area contributed by atoms with Crippen molar-refractivity contribution < 1.29 is 17.3 Å². The minimum Gasteiger partial charge on any atom is -0.491 e. The lowest BCUT2D eigenvalue weighted by Gasteiger charge is -2.08. The molecule has 0 aliphatic carbocycles. The molecule has 2 aromatic rings. The van der Waals surface area contributed by atoms with Gasteiger partial charge in [-0.15, -0.1) is 0 Å². The number of benzene rings is 2. The summed E-state index contributed by atoms with van der Waals surface area (Å²) in [4.78, 5) is 0.139. The molecule has 0 unspecified atom stereocenters. The van der Waals surface area contributed by atoms with E-state index in [0.717, 1.165) is 5.56 Å². The number of hydrogen-bond donors (Lipinski definition) is 0. The first-order valence-corrected chi connectivity index (χ1v) is 8.10. The molecular weight excluding hydrogens is 312 g/mol. The van der Waals surface area contributed by atoms with E-state index in [0.29, 0.717) is 10.8 Å². The maximum atomic E-state index is 11.9. The molecule has 0 saturated heterocycles. The molecule has 0 spiro atoms. The SMILES string of the molecule is Cc1ccc(S(=O)(=O)OCCOc2ccc(Cl)cc2)cc1. The normalized spacial score (nSPS) is 11.3. The van der Waals surface area contributed by atoms with E-state index in [4.69, 9.17) is 20.5 Å². The molecule has 6 heteroatoms. The summed E-state index contributed by atoms with van der Waals surface area (Å²) in [5.41, 5.74) is 0.986. The highest BCUT2D eigenvalue weighted by atomic mass is 35.5. The predicted molar refractivity (Wildman–Crippen MR) is 81.3 cm³/mol. The van der Waals surface area contributed by atoms with Crippen LogP contribution in [0.4, 0.5) is 0 Å². The van der Waals surface area contributed by atoms with Crippen LogP contribution in [0.25, 0.3) is 0 Å². The molecule has 0 N–H and O–H groups in total. The molecule has 2 aromatic carbocycles. The Hall–Kier alpha value is -1.56. The van der Waals surface area contributed by atoms with Gasteiger partial charge in [0, 0.05) is 5.02 Å².